The number of nitrogens with zero attached hydrogens (tertiary/aromatic N) is 2. The Morgan fingerprint density at radius 1 is 0.833 bits per heavy atom. The summed E-state index contributed by atoms with van der Waals surface area (Å²) in [5, 5.41) is 14.3. The number of anilines is 1. The Bertz CT molecular complexity index is 1590. The third kappa shape index (κ3) is 4.70. The standard InChI is InChI=1S/C28H24Cl2N2O3S/c1-19-7-11-24(12-8-19)36(34,35)32(22-5-3-2-4-6-22)18-23(33)17-31-27-13-9-20(29)15-25(27)26-16-21(30)10-14-28(26)31/h2-16,23,33H,17-18H2,1H3/t23-/m1/s1. The summed E-state index contributed by atoms with van der Waals surface area (Å²) in [5.41, 5.74) is 3.21. The number of para-hydroxylation sites is 1. The number of aryl methyl sites for hydroxylation is 1. The SMILES string of the molecule is Cc1ccc(S(=O)(=O)N(C[C@H](O)Cn2c3ccc(Cl)cc3c3cc(Cl)ccc32)c2ccccc2)cc1. The Morgan fingerprint density at radius 2 is 1.39 bits per heavy atom. The highest BCUT2D eigenvalue weighted by molar-refractivity contribution is 7.92. The van der Waals surface area contributed by atoms with Gasteiger partial charge in [0.05, 0.1) is 29.8 Å². The molecule has 36 heavy (non-hydrogen) atoms. The van der Waals surface area contributed by atoms with Crippen molar-refractivity contribution in [1.29, 1.82) is 0 Å². The monoisotopic (exact) mass is 538 g/mol. The molecule has 0 aliphatic carbocycles. The van der Waals surface area contributed by atoms with E-state index in [-0.39, 0.29) is 18.0 Å². The fourth-order valence-electron chi connectivity index (χ4n) is 4.48. The predicted molar refractivity (Wildman–Crippen MR) is 148 cm³/mol. The molecule has 0 unspecified atom stereocenters. The van der Waals surface area contributed by atoms with Crippen molar-refractivity contribution in [3.63, 3.8) is 0 Å². The van der Waals surface area contributed by atoms with Crippen LogP contribution in [0.4, 0.5) is 5.69 Å². The minimum absolute atomic E-state index is 0.122. The molecule has 1 N–H and O–H groups in total. The van der Waals surface area contributed by atoms with Gasteiger partial charge in [-0.2, -0.15) is 0 Å². The van der Waals surface area contributed by atoms with E-state index in [1.165, 1.54) is 4.31 Å². The van der Waals surface area contributed by atoms with Gasteiger partial charge in [-0.3, -0.25) is 4.31 Å². The highest BCUT2D eigenvalue weighted by Crippen LogP contribution is 2.33. The van der Waals surface area contributed by atoms with E-state index in [0.717, 1.165) is 27.4 Å². The van der Waals surface area contributed by atoms with Gasteiger partial charge in [0.1, 0.15) is 0 Å². The van der Waals surface area contributed by atoms with E-state index < -0.39 is 16.1 Å². The Labute approximate surface area is 220 Å². The lowest BCUT2D eigenvalue weighted by atomic mass is 10.1. The van der Waals surface area contributed by atoms with Crippen molar-refractivity contribution in [3.05, 3.63) is 107 Å². The first kappa shape index (κ1) is 24.7. The van der Waals surface area contributed by atoms with Crippen molar-refractivity contribution >= 4 is 60.7 Å². The number of aromatic nitrogens is 1. The molecule has 0 aliphatic rings. The van der Waals surface area contributed by atoms with E-state index in [0.29, 0.717) is 15.7 Å². The number of aliphatic hydroxyl groups is 1. The number of fused-ring (bicyclic) bond motifs is 3. The molecular weight excluding hydrogens is 515 g/mol. The largest absolute Gasteiger partial charge is 0.389 e. The molecule has 184 valence electrons. The molecule has 0 saturated heterocycles. The van der Waals surface area contributed by atoms with Crippen LogP contribution in [0.3, 0.4) is 0 Å². The van der Waals surface area contributed by atoms with Crippen molar-refractivity contribution in [2.45, 2.75) is 24.5 Å². The lowest BCUT2D eigenvalue weighted by molar-refractivity contribution is 0.166. The van der Waals surface area contributed by atoms with Crippen LogP contribution in [-0.2, 0) is 16.6 Å². The molecule has 0 aliphatic heterocycles. The van der Waals surface area contributed by atoms with E-state index >= 15 is 0 Å². The minimum atomic E-state index is -3.91. The summed E-state index contributed by atoms with van der Waals surface area (Å²) in [7, 11) is -3.91. The smallest absolute Gasteiger partial charge is 0.264 e. The molecule has 5 nitrogen and oxygen atoms in total. The van der Waals surface area contributed by atoms with E-state index in [1.54, 1.807) is 60.7 Å². The van der Waals surface area contributed by atoms with Crippen LogP contribution < -0.4 is 4.31 Å². The number of hydrogen-bond donors (Lipinski definition) is 1. The van der Waals surface area contributed by atoms with Gasteiger partial charge < -0.3 is 9.67 Å². The van der Waals surface area contributed by atoms with Crippen LogP contribution in [-0.4, -0.2) is 30.7 Å². The van der Waals surface area contributed by atoms with Gasteiger partial charge in [0.2, 0.25) is 0 Å². The van der Waals surface area contributed by atoms with E-state index in [9.17, 15) is 13.5 Å². The highest BCUT2D eigenvalue weighted by Gasteiger charge is 2.28. The molecular formula is C28H24Cl2N2O3S. The van der Waals surface area contributed by atoms with E-state index in [1.807, 2.05) is 41.8 Å². The molecule has 8 heteroatoms. The van der Waals surface area contributed by atoms with Crippen molar-refractivity contribution in [2.75, 3.05) is 10.8 Å². The fourth-order valence-corrected chi connectivity index (χ4v) is 6.33. The van der Waals surface area contributed by atoms with Crippen LogP contribution in [0.15, 0.2) is 95.9 Å². The molecule has 0 radical (unpaired) electrons. The van der Waals surface area contributed by atoms with Crippen molar-refractivity contribution in [2.24, 2.45) is 0 Å². The van der Waals surface area contributed by atoms with Gasteiger partial charge in [-0.15, -0.1) is 0 Å². The quantitative estimate of drug-likeness (QED) is 0.251. The van der Waals surface area contributed by atoms with Crippen LogP contribution in [0.2, 0.25) is 10.0 Å². The summed E-state index contributed by atoms with van der Waals surface area (Å²) in [6.45, 7) is 1.96. The predicted octanol–water partition coefficient (Wildman–Crippen LogP) is 6.67. The highest BCUT2D eigenvalue weighted by atomic mass is 35.5. The van der Waals surface area contributed by atoms with Crippen LogP contribution in [0.25, 0.3) is 21.8 Å². The Kier molecular flexibility index (Phi) is 6.70. The molecule has 4 aromatic carbocycles. The summed E-state index contributed by atoms with van der Waals surface area (Å²) in [5.74, 6) is 0. The second kappa shape index (κ2) is 9.79. The van der Waals surface area contributed by atoms with Gasteiger partial charge in [0, 0.05) is 31.9 Å². The van der Waals surface area contributed by atoms with Gasteiger partial charge in [-0.05, 0) is 67.6 Å². The molecule has 1 atom stereocenters. The molecule has 0 amide bonds. The fraction of sp³-hybridized carbons (Fsp3) is 0.143. The Hall–Kier alpha value is -3.03. The van der Waals surface area contributed by atoms with Crippen molar-refractivity contribution < 1.29 is 13.5 Å². The third-order valence-electron chi connectivity index (χ3n) is 6.21. The first-order valence-electron chi connectivity index (χ1n) is 11.4. The molecule has 0 saturated carbocycles. The number of rotatable bonds is 7. The Morgan fingerprint density at radius 3 is 1.94 bits per heavy atom. The molecule has 0 fully saturated rings. The molecule has 0 bridgehead atoms. The van der Waals surface area contributed by atoms with Gasteiger partial charge in [0.25, 0.3) is 10.0 Å². The minimum Gasteiger partial charge on any atom is -0.389 e. The molecule has 5 rings (SSSR count). The number of benzene rings is 4. The molecule has 5 aromatic rings. The second-order valence-corrected chi connectivity index (χ2v) is 11.5. The maximum atomic E-state index is 13.7. The maximum Gasteiger partial charge on any atom is 0.264 e. The van der Waals surface area contributed by atoms with Crippen molar-refractivity contribution in [1.82, 2.24) is 4.57 Å². The zero-order chi connectivity index (χ0) is 25.4. The summed E-state index contributed by atoms with van der Waals surface area (Å²) in [6.07, 6.45) is -1.00. The van der Waals surface area contributed by atoms with E-state index in [2.05, 4.69) is 0 Å². The van der Waals surface area contributed by atoms with Gasteiger partial charge in [0.15, 0.2) is 0 Å². The van der Waals surface area contributed by atoms with Crippen LogP contribution in [0.1, 0.15) is 5.56 Å². The maximum absolute atomic E-state index is 13.7. The van der Waals surface area contributed by atoms with Crippen molar-refractivity contribution in [3.8, 4) is 0 Å². The van der Waals surface area contributed by atoms with Crippen LogP contribution >= 0.6 is 23.2 Å². The van der Waals surface area contributed by atoms with Gasteiger partial charge in [-0.25, -0.2) is 8.42 Å². The lowest BCUT2D eigenvalue weighted by Crippen LogP contribution is -2.39. The first-order chi connectivity index (χ1) is 17.2. The molecule has 0 spiro atoms. The number of halogens is 2. The average molecular weight is 539 g/mol. The second-order valence-electron chi connectivity index (χ2n) is 8.77. The summed E-state index contributed by atoms with van der Waals surface area (Å²) < 4.78 is 30.6. The molecule has 1 aromatic heterocycles. The lowest BCUT2D eigenvalue weighted by Gasteiger charge is -2.27. The average Bonchev–Trinajstić information content (AvgIpc) is 3.15. The number of aliphatic hydroxyl groups excluding tert-OH is 1. The number of hydrogen-bond acceptors (Lipinski definition) is 3. The zero-order valence-corrected chi connectivity index (χ0v) is 21.8. The number of sulfonamides is 1. The summed E-state index contributed by atoms with van der Waals surface area (Å²) in [6, 6.07) is 26.7. The van der Waals surface area contributed by atoms with Gasteiger partial charge >= 0.3 is 0 Å². The van der Waals surface area contributed by atoms with Gasteiger partial charge in [-0.1, -0.05) is 59.1 Å². The third-order valence-corrected chi connectivity index (χ3v) is 8.49. The topological polar surface area (TPSA) is 62.5 Å². The summed E-state index contributed by atoms with van der Waals surface area (Å²) in [4.78, 5) is 0.172. The first-order valence-corrected chi connectivity index (χ1v) is 13.6. The van der Waals surface area contributed by atoms with Crippen LogP contribution in [0, 0.1) is 6.92 Å². The molecule has 1 heterocycles. The Balaban J connectivity index is 1.54. The van der Waals surface area contributed by atoms with E-state index in [4.69, 9.17) is 23.2 Å². The normalized spacial score (nSPS) is 12.8. The zero-order valence-electron chi connectivity index (χ0n) is 19.5. The van der Waals surface area contributed by atoms with Crippen LogP contribution in [0.5, 0.6) is 0 Å². The summed E-state index contributed by atoms with van der Waals surface area (Å²) >= 11 is 12.5.